The Bertz CT molecular complexity index is 3040. The summed E-state index contributed by atoms with van der Waals surface area (Å²) < 4.78 is 41.9. The molecule has 0 radical (unpaired) electrons. The molecule has 4 heterocycles. The lowest BCUT2D eigenvalue weighted by molar-refractivity contribution is -0.265. The molecule has 4 aliphatic rings. The van der Waals surface area contributed by atoms with Crippen molar-refractivity contribution in [1.29, 1.82) is 0 Å². The number of Topliss-reactive ketones (excluding diaryl/α,β-unsaturated/α-hetero) is 3. The number of rotatable bonds is 14. The first-order chi connectivity index (χ1) is 43.0. The zero-order valence-corrected chi connectivity index (χ0v) is 54.3. The number of nitrogens with one attached hydrogen (secondary N) is 2. The number of ether oxygens (including phenoxy) is 7. The van der Waals surface area contributed by atoms with E-state index in [9.17, 15) is 43.8 Å². The third kappa shape index (κ3) is 18.8. The molecular formula is C71H97N3O16. The number of methoxy groups -OCH3 is 3. The zero-order chi connectivity index (χ0) is 65.2. The highest BCUT2D eigenvalue weighted by Crippen LogP contribution is 2.38. The number of aromatic amines is 1. The van der Waals surface area contributed by atoms with Crippen molar-refractivity contribution in [3.63, 3.8) is 0 Å². The molecule has 3 aromatic rings. The number of aromatic nitrogens is 1. The molecule has 3 fully saturated rings. The molecule has 4 N–H and O–H groups in total. The first kappa shape index (κ1) is 70.8. The number of piperidine rings is 1. The summed E-state index contributed by atoms with van der Waals surface area (Å²) in [6.07, 6.45) is 11.3. The van der Waals surface area contributed by atoms with Gasteiger partial charge in [-0.05, 0) is 137 Å². The molecule has 2 amide bonds. The quantitative estimate of drug-likeness (QED) is 0.0507. The predicted octanol–water partition coefficient (Wildman–Crippen LogP) is 10.1. The van der Waals surface area contributed by atoms with Gasteiger partial charge in [-0.25, -0.2) is 14.4 Å². The summed E-state index contributed by atoms with van der Waals surface area (Å²) in [7, 11) is 4.47. The summed E-state index contributed by atoms with van der Waals surface area (Å²) in [6.45, 7) is 12.6. The SMILES string of the molecule is COC1CC2CC[C@@H](C)[C@@](O)(O2)C(=O)C(=O)N2CCCC[C@H]2C(=O)OC(C(C)CC2CC[C@@H](OC(=O)NC(CCc3c[nH]c4ccccc34)C(=O)OCc3ccccc3)C(OC)C2)CC(=O)C(C)/C=C(\C)[C@@H](O)C(OC)C(=O)[C@H](C)CC(C)/C=C/C=C/C=C/1C. The highest BCUT2D eigenvalue weighted by atomic mass is 16.6. The Morgan fingerprint density at radius 2 is 1.58 bits per heavy atom. The van der Waals surface area contributed by atoms with Crippen LogP contribution in [0.1, 0.15) is 143 Å². The lowest BCUT2D eigenvalue weighted by atomic mass is 9.78. The van der Waals surface area contributed by atoms with Crippen LogP contribution in [0, 0.1) is 35.5 Å². The van der Waals surface area contributed by atoms with E-state index in [1.807, 2.05) is 112 Å². The minimum absolute atomic E-state index is 0.0175. The fourth-order valence-corrected chi connectivity index (χ4v) is 13.3. The number of hydrogen-bond acceptors (Lipinski definition) is 16. The molecule has 2 aromatic carbocycles. The first-order valence-electron chi connectivity index (χ1n) is 32.3. The van der Waals surface area contributed by atoms with E-state index in [0.29, 0.717) is 69.8 Å². The molecular weight excluding hydrogens is 1150 g/mol. The average Bonchev–Trinajstić information content (AvgIpc) is 1.19. The van der Waals surface area contributed by atoms with Crippen molar-refractivity contribution >= 4 is 52.2 Å². The topological polar surface area (TPSA) is 256 Å². The summed E-state index contributed by atoms with van der Waals surface area (Å²) in [5.41, 5.74) is 3.93. The average molecular weight is 1250 g/mol. The van der Waals surface area contributed by atoms with E-state index in [1.165, 1.54) is 19.1 Å². The fourth-order valence-electron chi connectivity index (χ4n) is 13.3. The molecule has 2 bridgehead atoms. The van der Waals surface area contributed by atoms with Gasteiger partial charge in [-0.2, -0.15) is 0 Å². The highest BCUT2D eigenvalue weighted by Gasteiger charge is 2.53. The number of benzene rings is 2. The number of fused-ring (bicyclic) bond motifs is 4. The van der Waals surface area contributed by atoms with E-state index in [2.05, 4.69) is 10.3 Å². The van der Waals surface area contributed by atoms with E-state index in [-0.39, 0.29) is 62.2 Å². The summed E-state index contributed by atoms with van der Waals surface area (Å²) in [5, 5.41) is 27.6. The van der Waals surface area contributed by atoms with Crippen LogP contribution >= 0.6 is 0 Å². The Kier molecular flexibility index (Phi) is 26.5. The van der Waals surface area contributed by atoms with Gasteiger partial charge >= 0.3 is 18.0 Å². The predicted molar refractivity (Wildman–Crippen MR) is 339 cm³/mol. The normalized spacial score (nSPS) is 32.6. The van der Waals surface area contributed by atoms with E-state index in [0.717, 1.165) is 27.6 Å². The van der Waals surface area contributed by atoms with Gasteiger partial charge in [0.2, 0.25) is 5.79 Å². The standard InChI is InChI=1S/C71H97N3O16/c1-43-21-13-11-14-22-44(2)60(84-8)39-53-31-28-49(7)71(83,90-53)66(78)67(79)74-34-20-19-27-57(74)69(81)88-61(40-58(75)45(3)36-48(6)64(77)65(86-10)63(76)47(5)35-43)46(4)37-51-29-33-59(62(38-51)85-9)89-70(82)73-56(68(80)87-42-50-23-15-12-16-24-50)32-30-52-41-72-55-26-18-17-25-54(52)55/h11-18,21-26,36,41,43,45-47,49,51,53,56-57,59-62,64-65,72,77,83H,19-20,27-35,37-40,42H2,1-10H3,(H,73,82)/b14-11+,21-13+,44-22+,48-36+/t43?,45?,46?,47-,49-,51?,53?,56?,57+,59-,60?,61?,62?,64-,65?,71-/m1/s1. The maximum Gasteiger partial charge on any atom is 0.408 e. The third-order valence-electron chi connectivity index (χ3n) is 18.9. The second-order valence-electron chi connectivity index (χ2n) is 25.7. The van der Waals surface area contributed by atoms with Gasteiger partial charge in [-0.3, -0.25) is 19.2 Å². The number of aryl methyl sites for hydroxylation is 1. The molecule has 2 saturated heterocycles. The number of ketones is 3. The van der Waals surface area contributed by atoms with Crippen molar-refractivity contribution in [2.45, 2.75) is 206 Å². The van der Waals surface area contributed by atoms with Crippen LogP contribution in [-0.2, 0) is 75.0 Å². The van der Waals surface area contributed by atoms with Crippen LogP contribution in [0.5, 0.6) is 0 Å². The number of H-pyrrole nitrogens is 1. The number of aliphatic hydroxyl groups excluding tert-OH is 1. The molecule has 492 valence electrons. The molecule has 10 unspecified atom stereocenters. The number of cyclic esters (lactones) is 1. The maximum atomic E-state index is 14.8. The fraction of sp³-hybridized carbons (Fsp3) is 0.592. The van der Waals surface area contributed by atoms with Crippen molar-refractivity contribution in [2.75, 3.05) is 27.9 Å². The Morgan fingerprint density at radius 3 is 2.31 bits per heavy atom. The Morgan fingerprint density at radius 1 is 0.833 bits per heavy atom. The van der Waals surface area contributed by atoms with Gasteiger partial charge in [-0.1, -0.05) is 120 Å². The molecule has 7 rings (SSSR count). The van der Waals surface area contributed by atoms with Gasteiger partial charge in [0.05, 0.1) is 18.3 Å². The largest absolute Gasteiger partial charge is 0.460 e. The molecule has 1 saturated carbocycles. The molecule has 1 aromatic heterocycles. The Hall–Kier alpha value is -6.61. The second kappa shape index (κ2) is 33.6. The molecule has 90 heavy (non-hydrogen) atoms. The van der Waals surface area contributed by atoms with Crippen molar-refractivity contribution in [2.24, 2.45) is 35.5 Å². The van der Waals surface area contributed by atoms with Gasteiger partial charge < -0.3 is 58.6 Å². The third-order valence-corrected chi connectivity index (χ3v) is 18.9. The molecule has 1 aliphatic carbocycles. The van der Waals surface area contributed by atoms with Crippen LogP contribution in [0.15, 0.2) is 108 Å². The second-order valence-corrected chi connectivity index (χ2v) is 25.7. The number of esters is 2. The van der Waals surface area contributed by atoms with Gasteiger partial charge in [0.15, 0.2) is 5.78 Å². The molecule has 19 nitrogen and oxygen atoms in total. The van der Waals surface area contributed by atoms with Crippen LogP contribution in [0.4, 0.5) is 4.79 Å². The Labute approximate surface area is 530 Å². The lowest BCUT2D eigenvalue weighted by Crippen LogP contribution is -2.61. The van der Waals surface area contributed by atoms with Gasteiger partial charge in [0.25, 0.3) is 11.7 Å². The van der Waals surface area contributed by atoms with Crippen molar-refractivity contribution in [3.8, 4) is 0 Å². The zero-order valence-electron chi connectivity index (χ0n) is 54.3. The number of amides is 2. The molecule has 19 heteroatoms. The number of aliphatic hydroxyl groups is 2. The van der Waals surface area contributed by atoms with Crippen molar-refractivity contribution < 1.29 is 76.9 Å². The number of alkyl carbamates (subject to hydrolysis) is 1. The van der Waals surface area contributed by atoms with Crippen LogP contribution in [0.3, 0.4) is 0 Å². The van der Waals surface area contributed by atoms with E-state index < -0.39 is 114 Å². The van der Waals surface area contributed by atoms with Crippen LogP contribution in [0.2, 0.25) is 0 Å². The first-order valence-corrected chi connectivity index (χ1v) is 32.3. The van der Waals surface area contributed by atoms with Crippen LogP contribution in [-0.4, -0.2) is 150 Å². The minimum Gasteiger partial charge on any atom is -0.460 e. The van der Waals surface area contributed by atoms with Crippen molar-refractivity contribution in [3.05, 3.63) is 120 Å². The summed E-state index contributed by atoms with van der Waals surface area (Å²) >= 11 is 0. The number of carbonyl (C=O) groups is 7. The lowest BCUT2D eigenvalue weighted by Gasteiger charge is -2.42. The van der Waals surface area contributed by atoms with Gasteiger partial charge in [0.1, 0.15) is 48.9 Å². The number of nitrogens with zero attached hydrogens (tertiary/aromatic N) is 1. The van der Waals surface area contributed by atoms with Crippen molar-refractivity contribution in [1.82, 2.24) is 15.2 Å². The summed E-state index contributed by atoms with van der Waals surface area (Å²) in [6, 6.07) is 14.8. The van der Waals surface area contributed by atoms with Gasteiger partial charge in [0, 0.05) is 75.6 Å². The number of allylic oxidation sites excluding steroid dienone is 6. The van der Waals surface area contributed by atoms with Crippen LogP contribution < -0.4 is 5.32 Å². The molecule has 3 aliphatic heterocycles. The highest BCUT2D eigenvalue weighted by molar-refractivity contribution is 6.39. The summed E-state index contributed by atoms with van der Waals surface area (Å²) in [4.78, 5) is 104. The Balaban J connectivity index is 1.09. The monoisotopic (exact) mass is 1250 g/mol. The smallest absolute Gasteiger partial charge is 0.408 e. The minimum atomic E-state index is -2.49. The van der Waals surface area contributed by atoms with E-state index in [1.54, 1.807) is 40.9 Å². The summed E-state index contributed by atoms with van der Waals surface area (Å²) in [5.74, 6) is -9.38. The maximum absolute atomic E-state index is 14.8. The van der Waals surface area contributed by atoms with Crippen LogP contribution in [0.25, 0.3) is 10.9 Å². The molecule has 16 atom stereocenters. The number of para-hydroxylation sites is 1. The molecule has 0 spiro atoms. The van der Waals surface area contributed by atoms with Gasteiger partial charge in [-0.15, -0.1) is 0 Å². The number of carbonyl (C=O) groups excluding carboxylic acids is 7. The van der Waals surface area contributed by atoms with E-state index in [4.69, 9.17) is 33.2 Å². The number of hydrogen-bond donors (Lipinski definition) is 4. The van der Waals surface area contributed by atoms with E-state index >= 15 is 0 Å².